The van der Waals surface area contributed by atoms with Crippen LogP contribution in [-0.4, -0.2) is 39.2 Å². The Bertz CT molecular complexity index is 164. The minimum absolute atomic E-state index is 0. The summed E-state index contributed by atoms with van der Waals surface area (Å²) in [5.41, 5.74) is 0. The molecule has 0 rings (SSSR count). The zero-order valence-electron chi connectivity index (χ0n) is 9.25. The van der Waals surface area contributed by atoms with Crippen LogP contribution < -0.4 is 5.32 Å². The average molecular weight is 207 g/mol. The quantitative estimate of drug-likeness (QED) is 0.668. The summed E-state index contributed by atoms with van der Waals surface area (Å²) in [6, 6.07) is 0. The van der Waals surface area contributed by atoms with Crippen molar-refractivity contribution in [1.82, 2.24) is 5.32 Å². The van der Waals surface area contributed by atoms with E-state index in [0.29, 0.717) is 6.54 Å². The second-order valence-electron chi connectivity index (χ2n) is 2.09. The number of carbonyl (C=O) groups is 2. The van der Waals surface area contributed by atoms with E-state index in [0.717, 1.165) is 0 Å². The van der Waals surface area contributed by atoms with E-state index in [9.17, 15) is 9.59 Å². The van der Waals surface area contributed by atoms with Crippen LogP contribution in [0.2, 0.25) is 0 Å². The molecular formula is C9H21NO4. The summed E-state index contributed by atoms with van der Waals surface area (Å²) < 4.78 is 8.82. The molecule has 0 atom stereocenters. The molecule has 0 amide bonds. The van der Waals surface area contributed by atoms with Crippen molar-refractivity contribution in [3.63, 3.8) is 0 Å². The fraction of sp³-hybridized carbons (Fsp3) is 0.778. The zero-order valence-corrected chi connectivity index (χ0v) is 9.25. The first kappa shape index (κ1) is 15.4. The minimum Gasteiger partial charge on any atom is -0.466 e. The molecule has 5 nitrogen and oxygen atoms in total. The van der Waals surface area contributed by atoms with Gasteiger partial charge in [0, 0.05) is 7.97 Å². The van der Waals surface area contributed by atoms with E-state index in [-0.39, 0.29) is 14.5 Å². The van der Waals surface area contributed by atoms with Gasteiger partial charge < -0.3 is 14.8 Å². The molecule has 0 aliphatic carbocycles. The Morgan fingerprint density at radius 1 is 1.29 bits per heavy atom. The van der Waals surface area contributed by atoms with Gasteiger partial charge in [-0.15, -0.1) is 0 Å². The Morgan fingerprint density at radius 2 is 1.86 bits per heavy atom. The fourth-order valence-electron chi connectivity index (χ4n) is 0.498. The SMILES string of the molecule is CC.CNCCC(=O)OCC(=O)OC.[HH]. The van der Waals surface area contributed by atoms with Crippen LogP contribution in [0.5, 0.6) is 0 Å². The summed E-state index contributed by atoms with van der Waals surface area (Å²) in [6.07, 6.45) is 0.257. The molecule has 0 saturated heterocycles. The predicted molar refractivity (Wildman–Crippen MR) is 55.0 cm³/mol. The summed E-state index contributed by atoms with van der Waals surface area (Å²) in [5, 5.41) is 2.78. The van der Waals surface area contributed by atoms with Crippen LogP contribution in [0.4, 0.5) is 0 Å². The highest BCUT2D eigenvalue weighted by atomic mass is 16.6. The van der Waals surface area contributed by atoms with Crippen LogP contribution >= 0.6 is 0 Å². The van der Waals surface area contributed by atoms with Crippen LogP contribution in [0.3, 0.4) is 0 Å². The smallest absolute Gasteiger partial charge is 0.344 e. The largest absolute Gasteiger partial charge is 0.466 e. The third kappa shape index (κ3) is 10.9. The number of carbonyl (C=O) groups excluding carboxylic acids is 2. The molecule has 0 aromatic heterocycles. The van der Waals surface area contributed by atoms with E-state index in [2.05, 4.69) is 14.8 Å². The lowest BCUT2D eigenvalue weighted by Gasteiger charge is -2.02. The molecule has 0 unspecified atom stereocenters. The Labute approximate surface area is 86.2 Å². The number of rotatable bonds is 5. The molecule has 86 valence electrons. The van der Waals surface area contributed by atoms with Crippen molar-refractivity contribution < 1.29 is 20.5 Å². The number of ether oxygens (including phenoxy) is 2. The highest BCUT2D eigenvalue weighted by Gasteiger charge is 2.05. The lowest BCUT2D eigenvalue weighted by atomic mass is 10.4. The Kier molecular flexibility index (Phi) is 13.1. The van der Waals surface area contributed by atoms with Gasteiger partial charge >= 0.3 is 11.9 Å². The summed E-state index contributed by atoms with van der Waals surface area (Å²) in [6.45, 7) is 4.24. The van der Waals surface area contributed by atoms with E-state index < -0.39 is 11.9 Å². The van der Waals surface area contributed by atoms with E-state index >= 15 is 0 Å². The second kappa shape index (κ2) is 11.9. The zero-order chi connectivity index (χ0) is 11.4. The first-order valence-electron chi connectivity index (χ1n) is 4.57. The van der Waals surface area contributed by atoms with Crippen LogP contribution in [0, 0.1) is 0 Å². The van der Waals surface area contributed by atoms with Crippen molar-refractivity contribution in [2.45, 2.75) is 20.3 Å². The lowest BCUT2D eigenvalue weighted by Crippen LogP contribution is -2.18. The Morgan fingerprint density at radius 3 is 2.29 bits per heavy atom. The highest BCUT2D eigenvalue weighted by Crippen LogP contribution is 1.85. The van der Waals surface area contributed by atoms with Crippen LogP contribution in [0.1, 0.15) is 21.7 Å². The van der Waals surface area contributed by atoms with Gasteiger partial charge in [0.25, 0.3) is 0 Å². The highest BCUT2D eigenvalue weighted by molar-refractivity contribution is 5.76. The molecule has 0 fully saturated rings. The maximum Gasteiger partial charge on any atom is 0.344 e. The van der Waals surface area contributed by atoms with Crippen LogP contribution in [-0.2, 0) is 19.1 Å². The van der Waals surface area contributed by atoms with Crippen molar-refractivity contribution in [1.29, 1.82) is 0 Å². The maximum atomic E-state index is 10.8. The van der Waals surface area contributed by atoms with Gasteiger partial charge in [0.1, 0.15) is 0 Å². The lowest BCUT2D eigenvalue weighted by molar-refractivity contribution is -0.156. The molecule has 0 bridgehead atoms. The molecule has 1 N–H and O–H groups in total. The van der Waals surface area contributed by atoms with Crippen molar-refractivity contribution in [2.24, 2.45) is 0 Å². The third-order valence-electron chi connectivity index (χ3n) is 1.16. The van der Waals surface area contributed by atoms with Gasteiger partial charge in [-0.05, 0) is 7.05 Å². The normalized spacial score (nSPS) is 8.29. The summed E-state index contributed by atoms with van der Waals surface area (Å²) >= 11 is 0. The van der Waals surface area contributed by atoms with Gasteiger partial charge in [-0.1, -0.05) is 13.8 Å². The van der Waals surface area contributed by atoms with Gasteiger partial charge in [0.15, 0.2) is 6.61 Å². The van der Waals surface area contributed by atoms with Gasteiger partial charge in [0.05, 0.1) is 13.5 Å². The molecule has 0 aliphatic heterocycles. The van der Waals surface area contributed by atoms with Crippen molar-refractivity contribution in [3.8, 4) is 0 Å². The first-order valence-corrected chi connectivity index (χ1v) is 4.57. The summed E-state index contributed by atoms with van der Waals surface area (Å²) in [5.74, 6) is -0.956. The van der Waals surface area contributed by atoms with Gasteiger partial charge in [-0.2, -0.15) is 0 Å². The van der Waals surface area contributed by atoms with Gasteiger partial charge in [-0.25, -0.2) is 4.79 Å². The van der Waals surface area contributed by atoms with Crippen molar-refractivity contribution >= 4 is 11.9 Å². The molecule has 14 heavy (non-hydrogen) atoms. The molecule has 0 saturated carbocycles. The number of nitrogens with one attached hydrogen (secondary N) is 1. The van der Waals surface area contributed by atoms with Crippen LogP contribution in [0.15, 0.2) is 0 Å². The van der Waals surface area contributed by atoms with Gasteiger partial charge in [0.2, 0.25) is 0 Å². The number of hydrogen-bond donors (Lipinski definition) is 1. The minimum atomic E-state index is -0.548. The van der Waals surface area contributed by atoms with E-state index in [1.807, 2.05) is 13.8 Å². The number of methoxy groups -OCH3 is 1. The van der Waals surface area contributed by atoms with Crippen molar-refractivity contribution in [2.75, 3.05) is 27.3 Å². The summed E-state index contributed by atoms with van der Waals surface area (Å²) in [4.78, 5) is 21.2. The van der Waals surface area contributed by atoms with E-state index in [1.165, 1.54) is 7.11 Å². The standard InChI is InChI=1S/C7H13NO4.C2H6.H2/c1-8-4-3-6(9)12-5-7(10)11-2;1-2;/h8H,3-5H2,1-2H3;1-2H3;1H. The van der Waals surface area contributed by atoms with Crippen LogP contribution in [0.25, 0.3) is 0 Å². The predicted octanol–water partition coefficient (Wildman–Crippen LogP) is 0.584. The third-order valence-corrected chi connectivity index (χ3v) is 1.16. The second-order valence-corrected chi connectivity index (χ2v) is 2.09. The molecular weight excluding hydrogens is 186 g/mol. The fourth-order valence-corrected chi connectivity index (χ4v) is 0.498. The monoisotopic (exact) mass is 207 g/mol. The molecule has 0 radical (unpaired) electrons. The van der Waals surface area contributed by atoms with E-state index in [4.69, 9.17) is 0 Å². The Hall–Kier alpha value is -1.10. The average Bonchev–Trinajstić information content (AvgIpc) is 2.25. The van der Waals surface area contributed by atoms with Crippen molar-refractivity contribution in [3.05, 3.63) is 0 Å². The number of hydrogen-bond acceptors (Lipinski definition) is 5. The van der Waals surface area contributed by atoms with Gasteiger partial charge in [-0.3, -0.25) is 4.79 Å². The van der Waals surface area contributed by atoms with E-state index in [1.54, 1.807) is 7.05 Å². The maximum absolute atomic E-state index is 10.8. The number of esters is 2. The Balaban J connectivity index is -0.000000449. The molecule has 5 heteroatoms. The molecule has 0 aromatic carbocycles. The molecule has 0 aromatic rings. The summed E-state index contributed by atoms with van der Waals surface area (Å²) in [7, 11) is 2.97. The first-order chi connectivity index (χ1) is 6.70. The molecule has 0 spiro atoms. The molecule has 0 heterocycles. The molecule has 0 aliphatic rings. The topological polar surface area (TPSA) is 64.6 Å².